The molecule has 1 heteroatoms. The highest BCUT2D eigenvalue weighted by atomic mass is 14.6. The average molecular weight is 189 g/mol. The quantitative estimate of drug-likeness (QED) is 0.666. The third-order valence-electron chi connectivity index (χ3n) is 3.54. The van der Waals surface area contributed by atoms with E-state index in [2.05, 4.69) is 32.9 Å². The molecule has 0 saturated heterocycles. The van der Waals surface area contributed by atoms with Crippen LogP contribution in [0.1, 0.15) is 54.0 Å². The molecule has 1 aromatic carbocycles. The second-order valence-corrected chi connectivity index (χ2v) is 4.65. The first kappa shape index (κ1) is 9.72. The number of rotatable bonds is 0. The van der Waals surface area contributed by atoms with Crippen molar-refractivity contribution in [3.8, 4) is 0 Å². The Hall–Kier alpha value is -0.820. The second-order valence-electron chi connectivity index (χ2n) is 4.65. The van der Waals surface area contributed by atoms with Crippen molar-refractivity contribution >= 4 is 0 Å². The summed E-state index contributed by atoms with van der Waals surface area (Å²) in [7, 11) is 0. The van der Waals surface area contributed by atoms with Gasteiger partial charge in [0.05, 0.1) is 0 Å². The minimum Gasteiger partial charge on any atom is -0.324 e. The van der Waals surface area contributed by atoms with Crippen LogP contribution in [0.2, 0.25) is 0 Å². The first-order valence-electron chi connectivity index (χ1n) is 5.46. The zero-order chi connectivity index (χ0) is 10.3. The van der Waals surface area contributed by atoms with Gasteiger partial charge in [-0.1, -0.05) is 19.1 Å². The van der Waals surface area contributed by atoms with E-state index in [0.717, 1.165) is 6.42 Å². The lowest BCUT2D eigenvalue weighted by molar-refractivity contribution is 0.513. The van der Waals surface area contributed by atoms with Gasteiger partial charge in [-0.05, 0) is 54.9 Å². The van der Waals surface area contributed by atoms with Crippen molar-refractivity contribution in [3.05, 3.63) is 34.4 Å². The Bertz CT molecular complexity index is 319. The molecule has 0 saturated carbocycles. The highest BCUT2D eigenvalue weighted by molar-refractivity contribution is 5.42. The van der Waals surface area contributed by atoms with Gasteiger partial charge in [-0.25, -0.2) is 0 Å². The SMILES string of the molecule is Cc1cc2c(cc1C)[C@H](N)CCC2C. The summed E-state index contributed by atoms with van der Waals surface area (Å²) in [5, 5.41) is 0. The molecule has 1 aliphatic rings. The van der Waals surface area contributed by atoms with Crippen LogP contribution in [0, 0.1) is 13.8 Å². The van der Waals surface area contributed by atoms with Crippen molar-refractivity contribution in [2.45, 2.75) is 45.6 Å². The van der Waals surface area contributed by atoms with E-state index in [0.29, 0.717) is 5.92 Å². The molecule has 2 N–H and O–H groups in total. The average Bonchev–Trinajstić information content (AvgIpc) is 2.15. The van der Waals surface area contributed by atoms with Crippen LogP contribution in [0.15, 0.2) is 12.1 Å². The van der Waals surface area contributed by atoms with E-state index >= 15 is 0 Å². The Morgan fingerprint density at radius 2 is 1.64 bits per heavy atom. The van der Waals surface area contributed by atoms with E-state index in [1.807, 2.05) is 0 Å². The van der Waals surface area contributed by atoms with Crippen LogP contribution in [0.3, 0.4) is 0 Å². The van der Waals surface area contributed by atoms with E-state index in [9.17, 15) is 0 Å². The molecular formula is C13H19N. The maximum Gasteiger partial charge on any atom is 0.0297 e. The van der Waals surface area contributed by atoms with Gasteiger partial charge in [0.15, 0.2) is 0 Å². The fourth-order valence-electron chi connectivity index (χ4n) is 2.35. The normalized spacial score (nSPS) is 26.0. The van der Waals surface area contributed by atoms with Gasteiger partial charge in [0.1, 0.15) is 0 Å². The lowest BCUT2D eigenvalue weighted by Gasteiger charge is -2.28. The molecule has 76 valence electrons. The summed E-state index contributed by atoms with van der Waals surface area (Å²) in [6.45, 7) is 6.66. The Labute approximate surface area is 86.3 Å². The third kappa shape index (κ3) is 1.46. The van der Waals surface area contributed by atoms with Crippen LogP contribution >= 0.6 is 0 Å². The molecule has 0 aromatic heterocycles. The van der Waals surface area contributed by atoms with E-state index in [-0.39, 0.29) is 6.04 Å². The topological polar surface area (TPSA) is 26.0 Å². The zero-order valence-corrected chi connectivity index (χ0v) is 9.30. The fourth-order valence-corrected chi connectivity index (χ4v) is 2.35. The summed E-state index contributed by atoms with van der Waals surface area (Å²) in [6.07, 6.45) is 2.37. The maximum atomic E-state index is 6.13. The number of hydrogen-bond donors (Lipinski definition) is 1. The third-order valence-corrected chi connectivity index (χ3v) is 3.54. The summed E-state index contributed by atoms with van der Waals surface area (Å²) in [6, 6.07) is 4.87. The molecule has 1 aliphatic carbocycles. The van der Waals surface area contributed by atoms with Crippen molar-refractivity contribution in [2.75, 3.05) is 0 Å². The Kier molecular flexibility index (Phi) is 2.36. The van der Waals surface area contributed by atoms with Gasteiger partial charge >= 0.3 is 0 Å². The highest BCUT2D eigenvalue weighted by Gasteiger charge is 2.22. The Morgan fingerprint density at radius 1 is 1.07 bits per heavy atom. The first-order valence-corrected chi connectivity index (χ1v) is 5.46. The largest absolute Gasteiger partial charge is 0.324 e. The van der Waals surface area contributed by atoms with Crippen molar-refractivity contribution in [3.63, 3.8) is 0 Å². The van der Waals surface area contributed by atoms with Crippen LogP contribution < -0.4 is 5.73 Å². The summed E-state index contributed by atoms with van der Waals surface area (Å²) in [4.78, 5) is 0. The lowest BCUT2D eigenvalue weighted by atomic mass is 9.80. The van der Waals surface area contributed by atoms with Gasteiger partial charge in [0.25, 0.3) is 0 Å². The monoisotopic (exact) mass is 189 g/mol. The van der Waals surface area contributed by atoms with E-state index in [4.69, 9.17) is 5.73 Å². The van der Waals surface area contributed by atoms with Crippen LogP contribution in [0.25, 0.3) is 0 Å². The summed E-state index contributed by atoms with van der Waals surface area (Å²) < 4.78 is 0. The molecule has 0 spiro atoms. The minimum atomic E-state index is 0.264. The van der Waals surface area contributed by atoms with Gasteiger partial charge in [-0.15, -0.1) is 0 Å². The molecule has 0 aliphatic heterocycles. The second kappa shape index (κ2) is 3.39. The molecule has 1 aromatic rings. The summed E-state index contributed by atoms with van der Waals surface area (Å²) in [5.41, 5.74) is 11.7. The van der Waals surface area contributed by atoms with Crippen molar-refractivity contribution in [2.24, 2.45) is 5.73 Å². The molecule has 14 heavy (non-hydrogen) atoms. The van der Waals surface area contributed by atoms with Gasteiger partial charge in [-0.3, -0.25) is 0 Å². The highest BCUT2D eigenvalue weighted by Crippen LogP contribution is 2.37. The fraction of sp³-hybridized carbons (Fsp3) is 0.538. The van der Waals surface area contributed by atoms with Crippen molar-refractivity contribution in [1.82, 2.24) is 0 Å². The maximum absolute atomic E-state index is 6.13. The molecule has 0 heterocycles. The Morgan fingerprint density at radius 3 is 2.29 bits per heavy atom. The predicted octanol–water partition coefficient (Wildman–Crippen LogP) is 3.20. The molecule has 2 rings (SSSR count). The van der Waals surface area contributed by atoms with Crippen molar-refractivity contribution < 1.29 is 0 Å². The van der Waals surface area contributed by atoms with E-state index < -0.39 is 0 Å². The number of fused-ring (bicyclic) bond motifs is 1. The Balaban J connectivity index is 2.56. The number of hydrogen-bond acceptors (Lipinski definition) is 1. The van der Waals surface area contributed by atoms with Crippen LogP contribution in [0.5, 0.6) is 0 Å². The summed E-state index contributed by atoms with van der Waals surface area (Å²) >= 11 is 0. The lowest BCUT2D eigenvalue weighted by Crippen LogP contribution is -2.19. The molecule has 1 nitrogen and oxygen atoms in total. The van der Waals surface area contributed by atoms with Crippen molar-refractivity contribution in [1.29, 1.82) is 0 Å². The van der Waals surface area contributed by atoms with Gasteiger partial charge in [-0.2, -0.15) is 0 Å². The van der Waals surface area contributed by atoms with Gasteiger partial charge in [0, 0.05) is 6.04 Å². The molecule has 0 radical (unpaired) electrons. The molecule has 0 fully saturated rings. The number of benzene rings is 1. The van der Waals surface area contributed by atoms with E-state index in [1.54, 1.807) is 0 Å². The van der Waals surface area contributed by atoms with Gasteiger partial charge in [0.2, 0.25) is 0 Å². The molecule has 1 unspecified atom stereocenters. The first-order chi connectivity index (χ1) is 6.59. The van der Waals surface area contributed by atoms with E-state index in [1.165, 1.54) is 28.7 Å². The molecular weight excluding hydrogens is 170 g/mol. The molecule has 0 amide bonds. The van der Waals surface area contributed by atoms with Crippen LogP contribution in [0.4, 0.5) is 0 Å². The smallest absolute Gasteiger partial charge is 0.0297 e. The molecule has 2 atom stereocenters. The summed E-state index contributed by atoms with van der Waals surface area (Å²) in [5.74, 6) is 0.684. The standard InChI is InChI=1S/C13H19N/c1-8-4-5-13(14)12-7-10(3)9(2)6-11(8)12/h6-8,13H,4-5,14H2,1-3H3/t8?,13-/m1/s1. The minimum absolute atomic E-state index is 0.264. The zero-order valence-electron chi connectivity index (χ0n) is 9.30. The molecule has 0 bridgehead atoms. The van der Waals surface area contributed by atoms with Gasteiger partial charge < -0.3 is 5.73 Å². The predicted molar refractivity (Wildman–Crippen MR) is 60.5 cm³/mol. The number of aryl methyl sites for hydroxylation is 2. The number of nitrogens with two attached hydrogens (primary N) is 1. The van der Waals surface area contributed by atoms with Crippen LogP contribution in [-0.2, 0) is 0 Å². The van der Waals surface area contributed by atoms with Crippen LogP contribution in [-0.4, -0.2) is 0 Å².